The van der Waals surface area contributed by atoms with Gasteiger partial charge in [-0.1, -0.05) is 0 Å². The lowest BCUT2D eigenvalue weighted by Gasteiger charge is -2.04. The van der Waals surface area contributed by atoms with E-state index >= 15 is 0 Å². The van der Waals surface area contributed by atoms with Crippen LogP contribution in [-0.2, 0) is 4.74 Å². The summed E-state index contributed by atoms with van der Waals surface area (Å²) in [6.45, 7) is 6.11. The number of nitrogens with zero attached hydrogens (tertiary/aromatic N) is 2. The number of aromatic nitrogens is 2. The number of hydrogen-bond acceptors (Lipinski definition) is 4. The fourth-order valence-corrected chi connectivity index (χ4v) is 0.889. The summed E-state index contributed by atoms with van der Waals surface area (Å²) >= 11 is 0. The van der Waals surface area contributed by atoms with Gasteiger partial charge in [0.25, 0.3) is 0 Å². The molecule has 0 saturated carbocycles. The van der Waals surface area contributed by atoms with Crippen LogP contribution in [0.4, 0.5) is 5.82 Å². The van der Waals surface area contributed by atoms with Crippen LogP contribution in [0.15, 0.2) is 12.1 Å². The number of rotatable bonds is 5. The lowest BCUT2D eigenvalue weighted by Crippen LogP contribution is -2.10. The minimum Gasteiger partial charge on any atom is -0.380 e. The summed E-state index contributed by atoms with van der Waals surface area (Å²) in [5.41, 5.74) is 0.926. The van der Waals surface area contributed by atoms with Crippen molar-refractivity contribution in [2.45, 2.75) is 13.8 Å². The van der Waals surface area contributed by atoms with Crippen molar-refractivity contribution in [3.05, 3.63) is 17.8 Å². The molecule has 72 valence electrons. The molecule has 1 aromatic rings. The SMILES string of the molecule is CCOCCNc1ccc(C)nn1. The average molecular weight is 181 g/mol. The van der Waals surface area contributed by atoms with Crippen molar-refractivity contribution in [2.75, 3.05) is 25.1 Å². The Bertz CT molecular complexity index is 235. The van der Waals surface area contributed by atoms with Gasteiger partial charge in [-0.25, -0.2) is 0 Å². The van der Waals surface area contributed by atoms with E-state index in [0.717, 1.165) is 24.7 Å². The Morgan fingerprint density at radius 1 is 1.38 bits per heavy atom. The molecule has 1 aromatic heterocycles. The molecule has 0 saturated heterocycles. The van der Waals surface area contributed by atoms with E-state index in [1.165, 1.54) is 0 Å². The van der Waals surface area contributed by atoms with Gasteiger partial charge in [-0.15, -0.1) is 5.10 Å². The third-order valence-corrected chi connectivity index (χ3v) is 1.55. The monoisotopic (exact) mass is 181 g/mol. The molecule has 1 rings (SSSR count). The molecule has 0 unspecified atom stereocenters. The lowest BCUT2D eigenvalue weighted by atomic mass is 10.4. The highest BCUT2D eigenvalue weighted by Gasteiger charge is 1.92. The first-order valence-corrected chi connectivity index (χ1v) is 4.45. The van der Waals surface area contributed by atoms with E-state index in [-0.39, 0.29) is 0 Å². The van der Waals surface area contributed by atoms with Crippen molar-refractivity contribution >= 4 is 5.82 Å². The van der Waals surface area contributed by atoms with Gasteiger partial charge in [-0.2, -0.15) is 5.10 Å². The van der Waals surface area contributed by atoms with Gasteiger partial charge in [-0.05, 0) is 26.0 Å². The Labute approximate surface area is 78.3 Å². The van der Waals surface area contributed by atoms with E-state index in [1.54, 1.807) is 0 Å². The fraction of sp³-hybridized carbons (Fsp3) is 0.556. The molecular weight excluding hydrogens is 166 g/mol. The molecule has 1 N–H and O–H groups in total. The smallest absolute Gasteiger partial charge is 0.148 e. The summed E-state index contributed by atoms with van der Waals surface area (Å²) in [6, 6.07) is 3.84. The molecule has 0 aliphatic heterocycles. The number of anilines is 1. The van der Waals surface area contributed by atoms with E-state index in [9.17, 15) is 0 Å². The Kier molecular flexibility index (Phi) is 4.18. The molecule has 13 heavy (non-hydrogen) atoms. The number of ether oxygens (including phenoxy) is 1. The first kappa shape index (κ1) is 9.92. The largest absolute Gasteiger partial charge is 0.380 e. The van der Waals surface area contributed by atoms with Crippen LogP contribution in [0.2, 0.25) is 0 Å². The molecule has 0 aliphatic rings. The van der Waals surface area contributed by atoms with Crippen LogP contribution in [0.1, 0.15) is 12.6 Å². The lowest BCUT2D eigenvalue weighted by molar-refractivity contribution is 0.158. The van der Waals surface area contributed by atoms with E-state index in [4.69, 9.17) is 4.74 Å². The zero-order chi connectivity index (χ0) is 9.52. The Balaban J connectivity index is 2.25. The van der Waals surface area contributed by atoms with Crippen LogP contribution in [0.3, 0.4) is 0 Å². The van der Waals surface area contributed by atoms with E-state index in [1.807, 2.05) is 26.0 Å². The van der Waals surface area contributed by atoms with Crippen LogP contribution < -0.4 is 5.32 Å². The first-order valence-electron chi connectivity index (χ1n) is 4.45. The fourth-order valence-electron chi connectivity index (χ4n) is 0.889. The van der Waals surface area contributed by atoms with Crippen molar-refractivity contribution in [3.63, 3.8) is 0 Å². The van der Waals surface area contributed by atoms with Gasteiger partial charge in [0.05, 0.1) is 12.3 Å². The first-order chi connectivity index (χ1) is 6.33. The maximum Gasteiger partial charge on any atom is 0.148 e. The zero-order valence-corrected chi connectivity index (χ0v) is 8.08. The summed E-state index contributed by atoms with van der Waals surface area (Å²) < 4.78 is 5.17. The molecule has 0 bridgehead atoms. The number of aryl methyl sites for hydroxylation is 1. The number of hydrogen-bond donors (Lipinski definition) is 1. The Morgan fingerprint density at radius 3 is 2.85 bits per heavy atom. The predicted molar refractivity (Wildman–Crippen MR) is 51.8 cm³/mol. The molecule has 0 radical (unpaired) electrons. The molecule has 0 amide bonds. The zero-order valence-electron chi connectivity index (χ0n) is 8.08. The van der Waals surface area contributed by atoms with E-state index in [0.29, 0.717) is 6.61 Å². The van der Waals surface area contributed by atoms with Gasteiger partial charge in [0.15, 0.2) is 0 Å². The maximum absolute atomic E-state index is 5.17. The third-order valence-electron chi connectivity index (χ3n) is 1.55. The highest BCUT2D eigenvalue weighted by Crippen LogP contribution is 1.99. The minimum atomic E-state index is 0.700. The van der Waals surface area contributed by atoms with Crippen LogP contribution in [0.25, 0.3) is 0 Å². The maximum atomic E-state index is 5.17. The molecule has 0 fully saturated rings. The van der Waals surface area contributed by atoms with Crippen LogP contribution >= 0.6 is 0 Å². The second kappa shape index (κ2) is 5.48. The van der Waals surface area contributed by atoms with Crippen LogP contribution in [-0.4, -0.2) is 30.0 Å². The summed E-state index contributed by atoms with van der Waals surface area (Å²) in [6.07, 6.45) is 0. The van der Waals surface area contributed by atoms with Gasteiger partial charge in [0, 0.05) is 13.2 Å². The summed E-state index contributed by atoms with van der Waals surface area (Å²) in [7, 11) is 0. The summed E-state index contributed by atoms with van der Waals surface area (Å²) in [5, 5.41) is 11.0. The number of nitrogens with one attached hydrogen (secondary N) is 1. The summed E-state index contributed by atoms with van der Waals surface area (Å²) in [4.78, 5) is 0. The summed E-state index contributed by atoms with van der Waals surface area (Å²) in [5.74, 6) is 0.797. The minimum absolute atomic E-state index is 0.700. The van der Waals surface area contributed by atoms with Gasteiger partial charge in [0.2, 0.25) is 0 Å². The van der Waals surface area contributed by atoms with Crippen molar-refractivity contribution in [2.24, 2.45) is 0 Å². The van der Waals surface area contributed by atoms with Gasteiger partial charge in [-0.3, -0.25) is 0 Å². The van der Waals surface area contributed by atoms with Gasteiger partial charge < -0.3 is 10.1 Å². The van der Waals surface area contributed by atoms with Crippen molar-refractivity contribution in [1.82, 2.24) is 10.2 Å². The third kappa shape index (κ3) is 3.85. The molecule has 4 nitrogen and oxygen atoms in total. The van der Waals surface area contributed by atoms with Crippen molar-refractivity contribution in [1.29, 1.82) is 0 Å². The Morgan fingerprint density at radius 2 is 2.23 bits per heavy atom. The topological polar surface area (TPSA) is 47.0 Å². The van der Waals surface area contributed by atoms with Crippen molar-refractivity contribution in [3.8, 4) is 0 Å². The van der Waals surface area contributed by atoms with Crippen molar-refractivity contribution < 1.29 is 4.74 Å². The highest BCUT2D eigenvalue weighted by atomic mass is 16.5. The second-order valence-electron chi connectivity index (χ2n) is 2.68. The second-order valence-corrected chi connectivity index (χ2v) is 2.68. The molecule has 1 heterocycles. The quantitative estimate of drug-likeness (QED) is 0.694. The molecule has 4 heteroatoms. The van der Waals surface area contributed by atoms with E-state index < -0.39 is 0 Å². The highest BCUT2D eigenvalue weighted by molar-refractivity contribution is 5.32. The molecule has 0 aromatic carbocycles. The molecule has 0 atom stereocenters. The molecule has 0 spiro atoms. The average Bonchev–Trinajstić information content (AvgIpc) is 2.15. The van der Waals surface area contributed by atoms with Crippen LogP contribution in [0.5, 0.6) is 0 Å². The van der Waals surface area contributed by atoms with Crippen LogP contribution in [0, 0.1) is 6.92 Å². The standard InChI is InChI=1S/C9H15N3O/c1-3-13-7-6-10-9-5-4-8(2)11-12-9/h4-5H,3,6-7H2,1-2H3,(H,10,12). The predicted octanol–water partition coefficient (Wildman–Crippen LogP) is 1.23. The normalized spacial score (nSPS) is 10.0. The van der Waals surface area contributed by atoms with Gasteiger partial charge in [0.1, 0.15) is 5.82 Å². The van der Waals surface area contributed by atoms with Gasteiger partial charge >= 0.3 is 0 Å². The molecular formula is C9H15N3O. The Hall–Kier alpha value is -1.16. The van der Waals surface area contributed by atoms with E-state index in [2.05, 4.69) is 15.5 Å². The molecule has 0 aliphatic carbocycles.